The summed E-state index contributed by atoms with van der Waals surface area (Å²) in [4.78, 5) is 30.7. The number of nitrogens with one attached hydrogen (secondary N) is 1. The van der Waals surface area contributed by atoms with Gasteiger partial charge in [0.05, 0.1) is 28.0 Å². The van der Waals surface area contributed by atoms with Crippen molar-refractivity contribution in [1.29, 1.82) is 0 Å². The van der Waals surface area contributed by atoms with Crippen molar-refractivity contribution < 1.29 is 4.79 Å². The predicted molar refractivity (Wildman–Crippen MR) is 133 cm³/mol. The van der Waals surface area contributed by atoms with Gasteiger partial charge in [-0.3, -0.25) is 18.8 Å². The first-order chi connectivity index (χ1) is 15.9. The van der Waals surface area contributed by atoms with Gasteiger partial charge in [0.15, 0.2) is 5.16 Å². The number of carbonyl (C=O) groups is 1. The molecule has 2 aromatic heterocycles. The average molecular weight is 462 g/mol. The smallest absolute Gasteiger partial charge is 0.266 e. The fraction of sp³-hybridized carbons (Fsp3) is 0.280. The summed E-state index contributed by atoms with van der Waals surface area (Å²) in [5, 5.41) is 8.13. The molecule has 2 heterocycles. The van der Waals surface area contributed by atoms with Crippen LogP contribution in [-0.4, -0.2) is 31.0 Å². The van der Waals surface area contributed by atoms with Crippen molar-refractivity contribution in [3.05, 3.63) is 76.2 Å². The highest BCUT2D eigenvalue weighted by Gasteiger charge is 2.16. The number of aryl methyl sites for hydroxylation is 2. The van der Waals surface area contributed by atoms with E-state index in [0.29, 0.717) is 27.8 Å². The Kier molecular flexibility index (Phi) is 6.65. The fourth-order valence-electron chi connectivity index (χ4n) is 3.66. The van der Waals surface area contributed by atoms with Crippen LogP contribution in [0.5, 0.6) is 0 Å². The quantitative estimate of drug-likeness (QED) is 0.319. The van der Waals surface area contributed by atoms with Gasteiger partial charge < -0.3 is 5.32 Å². The summed E-state index contributed by atoms with van der Waals surface area (Å²) in [6.45, 7) is 6.21. The van der Waals surface area contributed by atoms with Gasteiger partial charge in [-0.15, -0.1) is 0 Å². The maximum Gasteiger partial charge on any atom is 0.266 e. The van der Waals surface area contributed by atoms with Crippen LogP contribution in [-0.2, 0) is 11.8 Å². The lowest BCUT2D eigenvalue weighted by molar-refractivity contribution is -0.113. The van der Waals surface area contributed by atoms with Gasteiger partial charge >= 0.3 is 0 Å². The third kappa shape index (κ3) is 4.85. The minimum Gasteiger partial charge on any atom is -0.310 e. The number of nitrogens with zero attached hydrogens (tertiary/aromatic N) is 4. The SMILES string of the molecule is CCC(C)c1ccc(-n2c(SCC(=O)Nc3cc(C)nn3C)nc3ccccc3c2=O)cc1. The Morgan fingerprint density at radius 1 is 1.15 bits per heavy atom. The van der Waals surface area contributed by atoms with E-state index in [1.165, 1.54) is 17.3 Å². The minimum absolute atomic E-state index is 0.111. The molecule has 1 atom stereocenters. The van der Waals surface area contributed by atoms with Gasteiger partial charge in [-0.1, -0.05) is 49.9 Å². The van der Waals surface area contributed by atoms with E-state index in [0.717, 1.165) is 17.8 Å². The van der Waals surface area contributed by atoms with Crippen molar-refractivity contribution in [2.45, 2.75) is 38.3 Å². The Hall–Kier alpha value is -3.39. The minimum atomic E-state index is -0.191. The standard InChI is InChI=1S/C25H27N5O2S/c1-5-16(2)18-10-12-19(13-11-18)30-24(32)20-8-6-7-9-21(20)26-25(30)33-15-23(31)27-22-14-17(3)28-29(22)4/h6-14,16H,5,15H2,1-4H3,(H,27,31). The van der Waals surface area contributed by atoms with Crippen LogP contribution in [0.1, 0.15) is 37.4 Å². The average Bonchev–Trinajstić information content (AvgIpc) is 3.13. The Bertz CT molecular complexity index is 1360. The monoisotopic (exact) mass is 461 g/mol. The second kappa shape index (κ2) is 9.62. The second-order valence-corrected chi connectivity index (χ2v) is 9.03. The van der Waals surface area contributed by atoms with Crippen molar-refractivity contribution in [3.8, 4) is 5.69 Å². The number of thioether (sulfide) groups is 1. The highest BCUT2D eigenvalue weighted by atomic mass is 32.2. The largest absolute Gasteiger partial charge is 0.310 e. The fourth-order valence-corrected chi connectivity index (χ4v) is 4.47. The molecule has 0 fully saturated rings. The van der Waals surface area contributed by atoms with Gasteiger partial charge in [0.1, 0.15) is 5.82 Å². The molecule has 1 N–H and O–H groups in total. The molecule has 0 saturated heterocycles. The summed E-state index contributed by atoms with van der Waals surface area (Å²) >= 11 is 1.24. The number of benzene rings is 2. The number of rotatable bonds is 7. The first-order valence-electron chi connectivity index (χ1n) is 10.9. The number of para-hydroxylation sites is 1. The molecule has 0 saturated carbocycles. The topological polar surface area (TPSA) is 81.8 Å². The maximum atomic E-state index is 13.4. The highest BCUT2D eigenvalue weighted by Crippen LogP contribution is 2.24. The lowest BCUT2D eigenvalue weighted by Crippen LogP contribution is -2.23. The summed E-state index contributed by atoms with van der Waals surface area (Å²) in [5.41, 5.74) is 3.24. The van der Waals surface area contributed by atoms with E-state index in [1.807, 2.05) is 43.3 Å². The Morgan fingerprint density at radius 2 is 1.88 bits per heavy atom. The van der Waals surface area contributed by atoms with E-state index in [9.17, 15) is 9.59 Å². The molecule has 0 radical (unpaired) electrons. The van der Waals surface area contributed by atoms with E-state index in [4.69, 9.17) is 4.98 Å². The molecule has 1 unspecified atom stereocenters. The number of fused-ring (bicyclic) bond motifs is 1. The first-order valence-corrected chi connectivity index (χ1v) is 11.9. The molecule has 4 aromatic rings. The number of anilines is 1. The first kappa shape index (κ1) is 22.8. The van der Waals surface area contributed by atoms with Crippen LogP contribution in [0.4, 0.5) is 5.82 Å². The van der Waals surface area contributed by atoms with Gasteiger partial charge in [0.2, 0.25) is 5.91 Å². The molecule has 0 aliphatic rings. The normalized spacial score (nSPS) is 12.1. The molecule has 0 aliphatic heterocycles. The lowest BCUT2D eigenvalue weighted by atomic mass is 9.98. The van der Waals surface area contributed by atoms with Crippen LogP contribution in [0.2, 0.25) is 0 Å². The van der Waals surface area contributed by atoms with Crippen LogP contribution < -0.4 is 10.9 Å². The second-order valence-electron chi connectivity index (χ2n) is 8.08. The summed E-state index contributed by atoms with van der Waals surface area (Å²) in [7, 11) is 1.78. The van der Waals surface area contributed by atoms with Gasteiger partial charge in [0.25, 0.3) is 5.56 Å². The van der Waals surface area contributed by atoms with E-state index in [-0.39, 0.29) is 17.2 Å². The van der Waals surface area contributed by atoms with Crippen LogP contribution in [0.3, 0.4) is 0 Å². The molecular formula is C25H27N5O2S. The number of carbonyl (C=O) groups excluding carboxylic acids is 1. The van der Waals surface area contributed by atoms with Crippen LogP contribution in [0.15, 0.2) is 64.5 Å². The van der Waals surface area contributed by atoms with Gasteiger partial charge in [-0.05, 0) is 49.1 Å². The molecule has 0 aliphatic carbocycles. The Labute approximate surface area is 196 Å². The lowest BCUT2D eigenvalue weighted by Gasteiger charge is -2.15. The zero-order valence-corrected chi connectivity index (χ0v) is 20.0. The molecule has 0 bridgehead atoms. The summed E-state index contributed by atoms with van der Waals surface area (Å²) in [6.07, 6.45) is 1.04. The Morgan fingerprint density at radius 3 is 2.55 bits per heavy atom. The molecule has 170 valence electrons. The summed E-state index contributed by atoms with van der Waals surface area (Å²) < 4.78 is 3.22. The molecule has 33 heavy (non-hydrogen) atoms. The molecule has 1 amide bonds. The summed E-state index contributed by atoms with van der Waals surface area (Å²) in [6, 6.07) is 17.1. The molecular weight excluding hydrogens is 434 g/mol. The van der Waals surface area contributed by atoms with E-state index >= 15 is 0 Å². The molecule has 2 aromatic carbocycles. The number of hydrogen-bond donors (Lipinski definition) is 1. The number of aromatic nitrogens is 4. The van der Waals surface area contributed by atoms with Crippen LogP contribution >= 0.6 is 11.8 Å². The molecule has 8 heteroatoms. The van der Waals surface area contributed by atoms with E-state index in [1.54, 1.807) is 22.4 Å². The third-order valence-corrected chi connectivity index (χ3v) is 6.62. The van der Waals surface area contributed by atoms with Gasteiger partial charge in [0, 0.05) is 13.1 Å². The Balaban J connectivity index is 1.67. The zero-order valence-electron chi connectivity index (χ0n) is 19.2. The van der Waals surface area contributed by atoms with Crippen molar-refractivity contribution in [2.24, 2.45) is 7.05 Å². The molecule has 4 rings (SSSR count). The number of amides is 1. The van der Waals surface area contributed by atoms with E-state index < -0.39 is 0 Å². The van der Waals surface area contributed by atoms with Gasteiger partial charge in [-0.2, -0.15) is 5.10 Å². The van der Waals surface area contributed by atoms with Crippen LogP contribution in [0, 0.1) is 6.92 Å². The van der Waals surface area contributed by atoms with Crippen molar-refractivity contribution >= 4 is 34.4 Å². The third-order valence-electron chi connectivity index (χ3n) is 5.68. The molecule has 7 nitrogen and oxygen atoms in total. The van der Waals surface area contributed by atoms with Gasteiger partial charge in [-0.25, -0.2) is 4.98 Å². The maximum absolute atomic E-state index is 13.4. The van der Waals surface area contributed by atoms with Crippen molar-refractivity contribution in [2.75, 3.05) is 11.1 Å². The zero-order chi connectivity index (χ0) is 23.5. The molecule has 0 spiro atoms. The predicted octanol–water partition coefficient (Wildman–Crippen LogP) is 4.67. The van der Waals surface area contributed by atoms with Crippen molar-refractivity contribution in [1.82, 2.24) is 19.3 Å². The number of hydrogen-bond acceptors (Lipinski definition) is 5. The van der Waals surface area contributed by atoms with Crippen LogP contribution in [0.25, 0.3) is 16.6 Å². The van der Waals surface area contributed by atoms with Crippen molar-refractivity contribution in [3.63, 3.8) is 0 Å². The highest BCUT2D eigenvalue weighted by molar-refractivity contribution is 7.99. The van der Waals surface area contributed by atoms with E-state index in [2.05, 4.69) is 36.4 Å². The summed E-state index contributed by atoms with van der Waals surface area (Å²) in [5.74, 6) is 0.991.